The van der Waals surface area contributed by atoms with Crippen LogP contribution >= 0.6 is 24.4 Å². The lowest BCUT2D eigenvalue weighted by Crippen LogP contribution is -2.48. The molecule has 4 nitrogen and oxygen atoms in total. The van der Waals surface area contributed by atoms with E-state index in [4.69, 9.17) is 24.4 Å². The van der Waals surface area contributed by atoms with Gasteiger partial charge < -0.3 is 10.6 Å². The molecule has 1 aromatic carbocycles. The third-order valence-corrected chi connectivity index (χ3v) is 2.11. The van der Waals surface area contributed by atoms with Crippen molar-refractivity contribution in [1.29, 1.82) is 0 Å². The molecule has 0 saturated carbocycles. The van der Waals surface area contributed by atoms with E-state index in [-0.39, 0.29) is 0 Å². The van der Waals surface area contributed by atoms with Gasteiger partial charge in [0.05, 0.1) is 0 Å². The third-order valence-electron chi connectivity index (χ3n) is 1.66. The SMILES string of the molecule is CCNC(=S)NNC(=S)Nc1ccccc1. The molecule has 0 unspecified atom stereocenters. The van der Waals surface area contributed by atoms with Gasteiger partial charge in [0.15, 0.2) is 10.2 Å². The molecule has 0 fully saturated rings. The van der Waals surface area contributed by atoms with Crippen molar-refractivity contribution in [3.05, 3.63) is 30.3 Å². The number of rotatable bonds is 2. The van der Waals surface area contributed by atoms with E-state index in [2.05, 4.69) is 21.5 Å². The summed E-state index contributed by atoms with van der Waals surface area (Å²) in [5.41, 5.74) is 6.48. The molecule has 0 aliphatic heterocycles. The van der Waals surface area contributed by atoms with Crippen LogP contribution in [0.3, 0.4) is 0 Å². The summed E-state index contributed by atoms with van der Waals surface area (Å²) >= 11 is 10.0. The minimum Gasteiger partial charge on any atom is -0.362 e. The molecule has 0 aliphatic carbocycles. The van der Waals surface area contributed by atoms with Crippen molar-refractivity contribution < 1.29 is 0 Å². The number of hydrazine groups is 1. The van der Waals surface area contributed by atoms with Crippen molar-refractivity contribution in [1.82, 2.24) is 16.2 Å². The Balaban J connectivity index is 2.29. The van der Waals surface area contributed by atoms with Crippen LogP contribution in [0.4, 0.5) is 5.69 Å². The van der Waals surface area contributed by atoms with Crippen LogP contribution in [-0.2, 0) is 0 Å². The van der Waals surface area contributed by atoms with Crippen LogP contribution in [0.2, 0.25) is 0 Å². The van der Waals surface area contributed by atoms with Crippen LogP contribution in [0.15, 0.2) is 30.3 Å². The van der Waals surface area contributed by atoms with Gasteiger partial charge in [0.25, 0.3) is 0 Å². The lowest BCUT2D eigenvalue weighted by molar-refractivity contribution is 0.825. The fourth-order valence-corrected chi connectivity index (χ4v) is 1.37. The molecule has 0 bridgehead atoms. The lowest BCUT2D eigenvalue weighted by Gasteiger charge is -2.13. The Labute approximate surface area is 106 Å². The Hall–Kier alpha value is -1.40. The van der Waals surface area contributed by atoms with Gasteiger partial charge in [-0.1, -0.05) is 18.2 Å². The van der Waals surface area contributed by atoms with Gasteiger partial charge in [-0.05, 0) is 43.5 Å². The van der Waals surface area contributed by atoms with Gasteiger partial charge in [-0.15, -0.1) is 0 Å². The molecule has 0 heterocycles. The summed E-state index contributed by atoms with van der Waals surface area (Å²) in [7, 11) is 0. The highest BCUT2D eigenvalue weighted by atomic mass is 32.1. The molecular formula is C10H14N4S2. The number of nitrogens with one attached hydrogen (secondary N) is 4. The molecule has 1 aromatic rings. The molecule has 1 rings (SSSR count). The second kappa shape index (κ2) is 6.97. The number of para-hydroxylation sites is 1. The largest absolute Gasteiger partial charge is 0.362 e. The summed E-state index contributed by atoms with van der Waals surface area (Å²) in [6.07, 6.45) is 0. The van der Waals surface area contributed by atoms with Gasteiger partial charge in [0, 0.05) is 12.2 Å². The molecule has 0 amide bonds. The van der Waals surface area contributed by atoms with Crippen LogP contribution < -0.4 is 21.5 Å². The van der Waals surface area contributed by atoms with Crippen molar-refractivity contribution in [3.8, 4) is 0 Å². The van der Waals surface area contributed by atoms with E-state index in [1.54, 1.807) is 0 Å². The first-order valence-corrected chi connectivity index (χ1v) is 5.70. The first kappa shape index (κ1) is 12.7. The van der Waals surface area contributed by atoms with E-state index in [9.17, 15) is 0 Å². The number of thiocarbonyl (C=S) groups is 2. The average molecular weight is 254 g/mol. The van der Waals surface area contributed by atoms with Crippen LogP contribution in [0.1, 0.15) is 6.92 Å². The summed E-state index contributed by atoms with van der Waals surface area (Å²) in [6, 6.07) is 9.66. The second-order valence-corrected chi connectivity index (χ2v) is 3.75. The zero-order valence-corrected chi connectivity index (χ0v) is 10.5. The molecule has 0 spiro atoms. The van der Waals surface area contributed by atoms with Crippen LogP contribution in [0.5, 0.6) is 0 Å². The summed E-state index contributed by atoms with van der Waals surface area (Å²) in [5, 5.41) is 6.92. The second-order valence-electron chi connectivity index (χ2n) is 2.93. The lowest BCUT2D eigenvalue weighted by atomic mass is 10.3. The van der Waals surface area contributed by atoms with E-state index >= 15 is 0 Å². The van der Waals surface area contributed by atoms with Crippen molar-refractivity contribution in [2.75, 3.05) is 11.9 Å². The Morgan fingerprint density at radius 2 is 1.69 bits per heavy atom. The number of hydrogen-bond acceptors (Lipinski definition) is 2. The maximum absolute atomic E-state index is 5.07. The highest BCUT2D eigenvalue weighted by molar-refractivity contribution is 7.80. The Morgan fingerprint density at radius 1 is 1.06 bits per heavy atom. The number of hydrogen-bond donors (Lipinski definition) is 4. The smallest absolute Gasteiger partial charge is 0.189 e. The average Bonchev–Trinajstić information content (AvgIpc) is 2.28. The fraction of sp³-hybridized carbons (Fsp3) is 0.200. The van der Waals surface area contributed by atoms with Crippen LogP contribution in [0.25, 0.3) is 0 Å². The van der Waals surface area contributed by atoms with Gasteiger partial charge in [-0.2, -0.15) is 0 Å². The highest BCUT2D eigenvalue weighted by Crippen LogP contribution is 2.03. The van der Waals surface area contributed by atoms with Crippen molar-refractivity contribution >= 4 is 40.3 Å². The van der Waals surface area contributed by atoms with Gasteiger partial charge in [0.1, 0.15) is 0 Å². The minimum atomic E-state index is 0.464. The first-order chi connectivity index (χ1) is 7.72. The monoisotopic (exact) mass is 254 g/mol. The molecule has 16 heavy (non-hydrogen) atoms. The molecule has 6 heteroatoms. The van der Waals surface area contributed by atoms with E-state index < -0.39 is 0 Å². The van der Waals surface area contributed by atoms with Gasteiger partial charge >= 0.3 is 0 Å². The standard InChI is InChI=1S/C10H14N4S2/c1-2-11-9(15)13-14-10(16)12-8-6-4-3-5-7-8/h3-7H,2H2,1H3,(H2,11,13,15)(H2,12,14,16). The van der Waals surface area contributed by atoms with Gasteiger partial charge in [-0.25, -0.2) is 0 Å². The topological polar surface area (TPSA) is 48.1 Å². The summed E-state index contributed by atoms with van der Waals surface area (Å²) in [5.74, 6) is 0. The summed E-state index contributed by atoms with van der Waals surface area (Å²) < 4.78 is 0. The highest BCUT2D eigenvalue weighted by Gasteiger charge is 1.96. The Bertz CT molecular complexity index is 353. The third kappa shape index (κ3) is 4.90. The zero-order chi connectivity index (χ0) is 11.8. The van der Waals surface area contributed by atoms with Crippen LogP contribution in [-0.4, -0.2) is 16.8 Å². The maximum atomic E-state index is 5.07. The van der Waals surface area contributed by atoms with Gasteiger partial charge in [0.2, 0.25) is 0 Å². The fourth-order valence-electron chi connectivity index (χ4n) is 1.00. The summed E-state index contributed by atoms with van der Waals surface area (Å²) in [4.78, 5) is 0. The summed E-state index contributed by atoms with van der Waals surface area (Å²) in [6.45, 7) is 2.74. The Kier molecular flexibility index (Phi) is 5.52. The van der Waals surface area contributed by atoms with Crippen molar-refractivity contribution in [2.24, 2.45) is 0 Å². The quantitative estimate of drug-likeness (QED) is 0.472. The first-order valence-electron chi connectivity index (χ1n) is 4.88. The molecule has 0 saturated heterocycles. The van der Waals surface area contributed by atoms with Crippen molar-refractivity contribution in [3.63, 3.8) is 0 Å². The normalized spacial score (nSPS) is 9.06. The zero-order valence-electron chi connectivity index (χ0n) is 8.91. The molecule has 0 aliphatic rings. The molecule has 0 aromatic heterocycles. The molecule has 0 atom stereocenters. The Morgan fingerprint density at radius 3 is 2.31 bits per heavy atom. The van der Waals surface area contributed by atoms with E-state index in [0.29, 0.717) is 10.2 Å². The van der Waals surface area contributed by atoms with E-state index in [0.717, 1.165) is 12.2 Å². The van der Waals surface area contributed by atoms with Gasteiger partial charge in [-0.3, -0.25) is 10.9 Å². The molecular weight excluding hydrogens is 240 g/mol. The number of anilines is 1. The predicted molar refractivity (Wildman–Crippen MR) is 75.2 cm³/mol. The molecule has 4 N–H and O–H groups in total. The molecule has 86 valence electrons. The predicted octanol–water partition coefficient (Wildman–Crippen LogP) is 1.37. The van der Waals surface area contributed by atoms with Crippen molar-refractivity contribution in [2.45, 2.75) is 6.92 Å². The molecule has 0 radical (unpaired) electrons. The van der Waals surface area contributed by atoms with E-state index in [1.807, 2.05) is 37.3 Å². The maximum Gasteiger partial charge on any atom is 0.189 e. The minimum absolute atomic E-state index is 0.464. The number of benzene rings is 1. The van der Waals surface area contributed by atoms with Crippen LogP contribution in [0, 0.1) is 0 Å². The van der Waals surface area contributed by atoms with E-state index in [1.165, 1.54) is 0 Å².